The van der Waals surface area contributed by atoms with E-state index in [0.29, 0.717) is 6.42 Å². The van der Waals surface area contributed by atoms with E-state index in [1.165, 1.54) is 6.42 Å². The Morgan fingerprint density at radius 1 is 1.08 bits per heavy atom. The zero-order valence-corrected chi connectivity index (χ0v) is 6.90. The highest BCUT2D eigenvalue weighted by atomic mass is 17.2. The molecular formula is C8H14O4. The quantitative estimate of drug-likeness (QED) is 0.381. The summed E-state index contributed by atoms with van der Waals surface area (Å²) in [4.78, 5) is 8.57. The van der Waals surface area contributed by atoms with E-state index < -0.39 is 5.79 Å². The lowest BCUT2D eigenvalue weighted by Gasteiger charge is -2.35. The number of fused-ring (bicyclic) bond motifs is 2. The molecule has 0 saturated heterocycles. The Labute approximate surface area is 71.0 Å². The van der Waals surface area contributed by atoms with Gasteiger partial charge in [-0.2, -0.15) is 0 Å². The summed E-state index contributed by atoms with van der Waals surface area (Å²) in [5.41, 5.74) is 0. The maximum atomic E-state index is 8.68. The summed E-state index contributed by atoms with van der Waals surface area (Å²) in [7, 11) is 0. The Bertz CT molecular complexity index is 166. The maximum Gasteiger partial charge on any atom is 0.236 e. The van der Waals surface area contributed by atoms with Crippen LogP contribution in [-0.2, 0) is 9.78 Å². The molecule has 2 atom stereocenters. The molecule has 2 N–H and O–H groups in total. The first-order valence-corrected chi connectivity index (χ1v) is 4.46. The van der Waals surface area contributed by atoms with Crippen LogP contribution >= 0.6 is 0 Å². The smallest absolute Gasteiger partial charge is 0.236 e. The molecule has 0 spiro atoms. The molecule has 0 aliphatic heterocycles. The van der Waals surface area contributed by atoms with Gasteiger partial charge in [0.1, 0.15) is 0 Å². The van der Waals surface area contributed by atoms with Crippen molar-refractivity contribution in [3.8, 4) is 0 Å². The van der Waals surface area contributed by atoms with E-state index >= 15 is 0 Å². The maximum absolute atomic E-state index is 8.68. The van der Waals surface area contributed by atoms with Gasteiger partial charge in [-0.1, -0.05) is 0 Å². The first-order valence-electron chi connectivity index (χ1n) is 4.46. The largest absolute Gasteiger partial charge is 0.249 e. The topological polar surface area (TPSA) is 58.9 Å². The summed E-state index contributed by atoms with van der Waals surface area (Å²) in [5, 5.41) is 17.4. The second kappa shape index (κ2) is 2.96. The van der Waals surface area contributed by atoms with Gasteiger partial charge in [-0.05, 0) is 31.6 Å². The summed E-state index contributed by atoms with van der Waals surface area (Å²) >= 11 is 0. The molecule has 2 rings (SSSR count). The van der Waals surface area contributed by atoms with Crippen molar-refractivity contribution in [2.45, 2.75) is 37.9 Å². The van der Waals surface area contributed by atoms with Crippen LogP contribution in [-0.4, -0.2) is 16.3 Å². The molecule has 0 aromatic rings. The third-order valence-corrected chi connectivity index (χ3v) is 3.37. The van der Waals surface area contributed by atoms with Crippen LogP contribution in [0.25, 0.3) is 0 Å². The zero-order valence-electron chi connectivity index (χ0n) is 6.90. The minimum Gasteiger partial charge on any atom is -0.249 e. The van der Waals surface area contributed by atoms with Crippen molar-refractivity contribution in [2.75, 3.05) is 0 Å². The summed E-state index contributed by atoms with van der Waals surface area (Å²) in [6.07, 6.45) is 4.71. The molecule has 0 heterocycles. The molecule has 4 nitrogen and oxygen atoms in total. The molecular weight excluding hydrogens is 160 g/mol. The molecule has 2 aliphatic carbocycles. The summed E-state index contributed by atoms with van der Waals surface area (Å²) in [5.74, 6) is -0.216. The van der Waals surface area contributed by atoms with Gasteiger partial charge < -0.3 is 0 Å². The molecule has 0 aromatic carbocycles. The molecule has 2 fully saturated rings. The molecule has 12 heavy (non-hydrogen) atoms. The predicted octanol–water partition coefficient (Wildman–Crippen LogP) is 1.87. The van der Waals surface area contributed by atoms with Crippen LogP contribution in [0.5, 0.6) is 0 Å². The van der Waals surface area contributed by atoms with Crippen molar-refractivity contribution in [3.63, 3.8) is 0 Å². The van der Waals surface area contributed by atoms with Gasteiger partial charge >= 0.3 is 0 Å². The van der Waals surface area contributed by atoms with Gasteiger partial charge in [-0.15, -0.1) is 0 Å². The minimum atomic E-state index is -1.12. The van der Waals surface area contributed by atoms with Crippen LogP contribution < -0.4 is 0 Å². The monoisotopic (exact) mass is 174 g/mol. The van der Waals surface area contributed by atoms with Crippen LogP contribution in [0.2, 0.25) is 0 Å². The minimum absolute atomic E-state index is 0.159. The highest BCUT2D eigenvalue weighted by Crippen LogP contribution is 2.49. The van der Waals surface area contributed by atoms with E-state index in [0.717, 1.165) is 25.2 Å². The lowest BCUT2D eigenvalue weighted by atomic mass is 9.84. The number of rotatable bonds is 2. The van der Waals surface area contributed by atoms with Crippen molar-refractivity contribution >= 4 is 0 Å². The van der Waals surface area contributed by atoms with Gasteiger partial charge in [-0.3, -0.25) is 0 Å². The van der Waals surface area contributed by atoms with Gasteiger partial charge in [0.05, 0.1) is 0 Å². The van der Waals surface area contributed by atoms with Gasteiger partial charge in [0.25, 0.3) is 0 Å². The standard InChI is InChI=1S/C8H14O4/c9-11-8(12-10)4-3-6-1-2-7(8)5-6/h6-7,9-10H,1-5H2. The molecule has 0 amide bonds. The van der Waals surface area contributed by atoms with Gasteiger partial charge in [0.15, 0.2) is 0 Å². The zero-order chi connectivity index (χ0) is 8.60. The van der Waals surface area contributed by atoms with Crippen molar-refractivity contribution < 1.29 is 20.3 Å². The summed E-state index contributed by atoms with van der Waals surface area (Å²) < 4.78 is 0. The summed E-state index contributed by atoms with van der Waals surface area (Å²) in [6.45, 7) is 0. The van der Waals surface area contributed by atoms with Gasteiger partial charge in [-0.25, -0.2) is 20.3 Å². The molecule has 4 heteroatoms. The van der Waals surface area contributed by atoms with Gasteiger partial charge in [0, 0.05) is 12.3 Å². The van der Waals surface area contributed by atoms with Crippen LogP contribution in [0.4, 0.5) is 0 Å². The number of hydrogen-bond acceptors (Lipinski definition) is 4. The lowest BCUT2D eigenvalue weighted by Crippen LogP contribution is -2.43. The van der Waals surface area contributed by atoms with Crippen molar-refractivity contribution in [3.05, 3.63) is 0 Å². The fourth-order valence-electron chi connectivity index (χ4n) is 2.60. The first-order chi connectivity index (χ1) is 5.80. The van der Waals surface area contributed by atoms with E-state index in [4.69, 9.17) is 10.5 Å². The Balaban J connectivity index is 2.13. The van der Waals surface area contributed by atoms with Crippen LogP contribution in [0, 0.1) is 11.8 Å². The fourth-order valence-corrected chi connectivity index (χ4v) is 2.60. The highest BCUT2D eigenvalue weighted by Gasteiger charge is 2.50. The van der Waals surface area contributed by atoms with E-state index in [1.54, 1.807) is 0 Å². The third-order valence-electron chi connectivity index (χ3n) is 3.37. The SMILES string of the molecule is OOC1(OO)CCC2CCC1C2. The van der Waals surface area contributed by atoms with Crippen LogP contribution in [0.1, 0.15) is 32.1 Å². The fraction of sp³-hybridized carbons (Fsp3) is 1.00. The van der Waals surface area contributed by atoms with Crippen LogP contribution in [0.15, 0.2) is 0 Å². The lowest BCUT2D eigenvalue weighted by molar-refractivity contribution is -0.504. The Morgan fingerprint density at radius 3 is 2.50 bits per heavy atom. The third kappa shape index (κ3) is 1.07. The Kier molecular flexibility index (Phi) is 2.08. The highest BCUT2D eigenvalue weighted by molar-refractivity contribution is 4.91. The van der Waals surface area contributed by atoms with Crippen molar-refractivity contribution in [1.29, 1.82) is 0 Å². The van der Waals surface area contributed by atoms with E-state index in [1.807, 2.05) is 0 Å². The molecule has 2 unspecified atom stereocenters. The second-order valence-electron chi connectivity index (χ2n) is 3.91. The second-order valence-corrected chi connectivity index (χ2v) is 3.91. The molecule has 2 saturated carbocycles. The Morgan fingerprint density at radius 2 is 1.83 bits per heavy atom. The molecule has 0 aromatic heterocycles. The van der Waals surface area contributed by atoms with E-state index in [2.05, 4.69) is 9.78 Å². The van der Waals surface area contributed by atoms with Crippen molar-refractivity contribution in [1.82, 2.24) is 0 Å². The summed E-state index contributed by atoms with van der Waals surface area (Å²) in [6, 6.07) is 0. The average Bonchev–Trinajstić information content (AvgIpc) is 2.52. The normalized spacial score (nSPS) is 38.5. The molecule has 0 radical (unpaired) electrons. The Hall–Kier alpha value is -0.160. The van der Waals surface area contributed by atoms with Crippen LogP contribution in [0.3, 0.4) is 0 Å². The van der Waals surface area contributed by atoms with E-state index in [-0.39, 0.29) is 5.92 Å². The van der Waals surface area contributed by atoms with Gasteiger partial charge in [0.2, 0.25) is 5.79 Å². The average molecular weight is 174 g/mol. The van der Waals surface area contributed by atoms with E-state index in [9.17, 15) is 0 Å². The number of hydrogen-bond donors (Lipinski definition) is 2. The predicted molar refractivity (Wildman–Crippen MR) is 40.2 cm³/mol. The van der Waals surface area contributed by atoms with Crippen molar-refractivity contribution in [2.24, 2.45) is 11.8 Å². The molecule has 70 valence electrons. The first kappa shape index (κ1) is 8.44. The molecule has 2 bridgehead atoms. The molecule has 2 aliphatic rings.